The minimum Gasteiger partial charge on any atom is -0.479 e. The van der Waals surface area contributed by atoms with E-state index in [9.17, 15) is 14.7 Å². The highest BCUT2D eigenvalue weighted by molar-refractivity contribution is 5.86. The van der Waals surface area contributed by atoms with E-state index in [4.69, 9.17) is 0 Å². The number of hydrogen-bond acceptors (Lipinski definition) is 2. The molecule has 1 aliphatic rings. The van der Waals surface area contributed by atoms with Gasteiger partial charge in [-0.15, -0.1) is 0 Å². The highest BCUT2D eigenvalue weighted by Gasteiger charge is 2.37. The summed E-state index contributed by atoms with van der Waals surface area (Å²) in [4.78, 5) is 25.7. The molecule has 1 aromatic rings. The zero-order valence-corrected chi connectivity index (χ0v) is 12.0. The lowest BCUT2D eigenvalue weighted by atomic mass is 9.90. The van der Waals surface area contributed by atoms with Crippen LogP contribution in [0.5, 0.6) is 0 Å². The molecule has 4 heteroatoms. The molecular weight excluding hydrogens is 254 g/mol. The summed E-state index contributed by atoms with van der Waals surface area (Å²) in [5, 5.41) is 9.54. The van der Waals surface area contributed by atoms with E-state index in [0.717, 1.165) is 30.4 Å². The smallest absolute Gasteiger partial charge is 0.331 e. The van der Waals surface area contributed by atoms with Crippen molar-refractivity contribution in [3.8, 4) is 0 Å². The molecule has 1 N–H and O–H groups in total. The quantitative estimate of drug-likeness (QED) is 0.919. The van der Waals surface area contributed by atoms with Crippen LogP contribution in [-0.4, -0.2) is 28.4 Å². The zero-order chi connectivity index (χ0) is 14.7. The summed E-state index contributed by atoms with van der Waals surface area (Å²) < 4.78 is 0. The molecule has 0 bridgehead atoms. The predicted molar refractivity (Wildman–Crippen MR) is 76.3 cm³/mol. The summed E-state index contributed by atoms with van der Waals surface area (Å²) in [6, 6.07) is 6.67. The summed E-state index contributed by atoms with van der Waals surface area (Å²) >= 11 is 0. The molecule has 4 nitrogen and oxygen atoms in total. The van der Waals surface area contributed by atoms with Gasteiger partial charge in [-0.25, -0.2) is 4.79 Å². The lowest BCUT2D eigenvalue weighted by molar-refractivity contribution is -0.153. The number of aliphatic carboxylic acids is 1. The van der Waals surface area contributed by atoms with Crippen LogP contribution < -0.4 is 0 Å². The van der Waals surface area contributed by atoms with Gasteiger partial charge >= 0.3 is 5.97 Å². The molecule has 1 unspecified atom stereocenters. The average Bonchev–Trinajstić information content (AvgIpc) is 2.46. The van der Waals surface area contributed by atoms with Crippen LogP contribution in [0.3, 0.4) is 0 Å². The molecule has 1 aromatic carbocycles. The van der Waals surface area contributed by atoms with Gasteiger partial charge in [-0.2, -0.15) is 0 Å². The van der Waals surface area contributed by atoms with Gasteiger partial charge in [0.25, 0.3) is 0 Å². The number of carboxylic acid groups (broad SMARTS) is 1. The molecule has 1 amide bonds. The van der Waals surface area contributed by atoms with Crippen LogP contribution in [0.25, 0.3) is 0 Å². The van der Waals surface area contributed by atoms with Crippen LogP contribution in [0.1, 0.15) is 43.9 Å². The lowest BCUT2D eigenvalue weighted by Gasteiger charge is -2.36. The van der Waals surface area contributed by atoms with E-state index in [1.807, 2.05) is 38.1 Å². The van der Waals surface area contributed by atoms with E-state index in [0.29, 0.717) is 6.54 Å². The molecule has 0 radical (unpaired) electrons. The topological polar surface area (TPSA) is 57.6 Å². The molecule has 0 aromatic heterocycles. The molecule has 0 fully saturated rings. The van der Waals surface area contributed by atoms with Crippen molar-refractivity contribution in [3.63, 3.8) is 0 Å². The fourth-order valence-corrected chi connectivity index (χ4v) is 2.94. The van der Waals surface area contributed by atoms with Crippen molar-refractivity contribution >= 4 is 11.9 Å². The van der Waals surface area contributed by atoms with Gasteiger partial charge in [-0.3, -0.25) is 4.79 Å². The van der Waals surface area contributed by atoms with Crippen molar-refractivity contribution in [1.29, 1.82) is 0 Å². The molecule has 0 spiro atoms. The van der Waals surface area contributed by atoms with Crippen LogP contribution in [0.15, 0.2) is 24.3 Å². The molecule has 1 heterocycles. The van der Waals surface area contributed by atoms with Crippen molar-refractivity contribution < 1.29 is 14.7 Å². The van der Waals surface area contributed by atoms with Gasteiger partial charge in [0.1, 0.15) is 0 Å². The molecule has 0 aliphatic carbocycles. The Hall–Kier alpha value is -1.84. The first-order valence-corrected chi connectivity index (χ1v) is 7.21. The SMILES string of the molecule is CCC(CC)C(=O)N1CCc2ccccc2C1C(=O)O. The number of fused-ring (bicyclic) bond motifs is 1. The third-order valence-corrected chi connectivity index (χ3v) is 4.14. The summed E-state index contributed by atoms with van der Waals surface area (Å²) in [6.45, 7) is 4.43. The van der Waals surface area contributed by atoms with Crippen LogP contribution >= 0.6 is 0 Å². The first kappa shape index (κ1) is 14.6. The van der Waals surface area contributed by atoms with E-state index in [1.165, 1.54) is 0 Å². The Morgan fingerprint density at radius 2 is 1.95 bits per heavy atom. The summed E-state index contributed by atoms with van der Waals surface area (Å²) in [5.41, 5.74) is 1.79. The number of benzene rings is 1. The first-order chi connectivity index (χ1) is 9.60. The van der Waals surface area contributed by atoms with Gasteiger partial charge in [0.15, 0.2) is 6.04 Å². The molecule has 1 atom stereocenters. The zero-order valence-electron chi connectivity index (χ0n) is 12.0. The van der Waals surface area contributed by atoms with Crippen molar-refractivity contribution in [3.05, 3.63) is 35.4 Å². The first-order valence-electron chi connectivity index (χ1n) is 7.21. The maximum absolute atomic E-state index is 12.5. The molecule has 2 rings (SSSR count). The molecule has 0 saturated carbocycles. The summed E-state index contributed by atoms with van der Waals surface area (Å²) in [6.07, 6.45) is 2.23. The van der Waals surface area contributed by atoms with Crippen molar-refractivity contribution in [2.24, 2.45) is 5.92 Å². The van der Waals surface area contributed by atoms with Crippen LogP contribution in [0.2, 0.25) is 0 Å². The van der Waals surface area contributed by atoms with Gasteiger partial charge in [-0.1, -0.05) is 38.1 Å². The minimum atomic E-state index is -0.948. The third-order valence-electron chi connectivity index (χ3n) is 4.14. The highest BCUT2D eigenvalue weighted by Crippen LogP contribution is 2.31. The fourth-order valence-electron chi connectivity index (χ4n) is 2.94. The van der Waals surface area contributed by atoms with E-state index in [-0.39, 0.29) is 11.8 Å². The molecule has 20 heavy (non-hydrogen) atoms. The average molecular weight is 275 g/mol. The van der Waals surface area contributed by atoms with Gasteiger partial charge in [0.2, 0.25) is 5.91 Å². The van der Waals surface area contributed by atoms with Crippen LogP contribution in [-0.2, 0) is 16.0 Å². The number of carbonyl (C=O) groups excluding carboxylic acids is 1. The standard InChI is InChI=1S/C16H21NO3/c1-3-11(4-2)15(18)17-10-9-12-7-5-6-8-13(12)14(17)16(19)20/h5-8,11,14H,3-4,9-10H2,1-2H3,(H,19,20). The van der Waals surface area contributed by atoms with Crippen molar-refractivity contribution in [1.82, 2.24) is 4.90 Å². The number of carboxylic acids is 1. The lowest BCUT2D eigenvalue weighted by Crippen LogP contribution is -2.45. The summed E-state index contributed by atoms with van der Waals surface area (Å²) in [5.74, 6) is -1.06. The second-order valence-corrected chi connectivity index (χ2v) is 5.23. The number of rotatable bonds is 4. The van der Waals surface area contributed by atoms with Gasteiger partial charge < -0.3 is 10.0 Å². The maximum atomic E-state index is 12.5. The Morgan fingerprint density at radius 3 is 2.55 bits per heavy atom. The third kappa shape index (κ3) is 2.55. The van der Waals surface area contributed by atoms with Crippen LogP contribution in [0.4, 0.5) is 0 Å². The van der Waals surface area contributed by atoms with Crippen molar-refractivity contribution in [2.45, 2.75) is 39.2 Å². The van der Waals surface area contributed by atoms with Gasteiger partial charge in [0.05, 0.1) is 0 Å². The Labute approximate surface area is 119 Å². The molecule has 1 aliphatic heterocycles. The molecule has 0 saturated heterocycles. The number of nitrogens with zero attached hydrogens (tertiary/aromatic N) is 1. The maximum Gasteiger partial charge on any atom is 0.331 e. The van der Waals surface area contributed by atoms with Gasteiger partial charge in [-0.05, 0) is 30.4 Å². The highest BCUT2D eigenvalue weighted by atomic mass is 16.4. The Balaban J connectivity index is 2.36. The van der Waals surface area contributed by atoms with Gasteiger partial charge in [0, 0.05) is 12.5 Å². The largest absolute Gasteiger partial charge is 0.479 e. The van der Waals surface area contributed by atoms with E-state index >= 15 is 0 Å². The molecule has 108 valence electrons. The number of carbonyl (C=O) groups is 2. The van der Waals surface area contributed by atoms with E-state index in [1.54, 1.807) is 4.90 Å². The Kier molecular flexibility index (Phi) is 4.42. The van der Waals surface area contributed by atoms with E-state index in [2.05, 4.69) is 0 Å². The fraction of sp³-hybridized carbons (Fsp3) is 0.500. The van der Waals surface area contributed by atoms with Crippen LogP contribution in [0, 0.1) is 5.92 Å². The predicted octanol–water partition coefficient (Wildman–Crippen LogP) is 2.63. The Morgan fingerprint density at radius 1 is 1.30 bits per heavy atom. The second-order valence-electron chi connectivity index (χ2n) is 5.23. The monoisotopic (exact) mass is 275 g/mol. The minimum absolute atomic E-state index is 0.0306. The number of amides is 1. The van der Waals surface area contributed by atoms with Crippen molar-refractivity contribution in [2.75, 3.05) is 6.54 Å². The normalized spacial score (nSPS) is 17.9. The Bertz CT molecular complexity index is 508. The molecular formula is C16H21NO3. The number of hydrogen-bond donors (Lipinski definition) is 1. The summed E-state index contributed by atoms with van der Waals surface area (Å²) in [7, 11) is 0. The second kappa shape index (κ2) is 6.07. The van der Waals surface area contributed by atoms with E-state index < -0.39 is 12.0 Å².